The fourth-order valence-corrected chi connectivity index (χ4v) is 3.00. The van der Waals surface area contributed by atoms with Crippen LogP contribution in [0.25, 0.3) is 11.0 Å². The summed E-state index contributed by atoms with van der Waals surface area (Å²) in [5.74, 6) is 1.49. The quantitative estimate of drug-likeness (QED) is 0.560. The molecule has 0 N–H and O–H groups in total. The topological polar surface area (TPSA) is 48.7 Å². The molecule has 0 aliphatic heterocycles. The van der Waals surface area contributed by atoms with Crippen molar-refractivity contribution in [2.45, 2.75) is 39.7 Å². The molecule has 0 atom stereocenters. The van der Waals surface area contributed by atoms with Gasteiger partial charge in [0.1, 0.15) is 23.7 Å². The monoisotopic (exact) mass is 352 g/mol. The number of rotatable bonds is 7. The summed E-state index contributed by atoms with van der Waals surface area (Å²) in [5.41, 5.74) is 3.16. The molecule has 136 valence electrons. The van der Waals surface area contributed by atoms with Crippen molar-refractivity contribution in [2.24, 2.45) is 0 Å². The van der Waals surface area contributed by atoms with Gasteiger partial charge in [-0.15, -0.1) is 0 Å². The van der Waals surface area contributed by atoms with E-state index in [9.17, 15) is 4.79 Å². The molecule has 0 spiro atoms. The highest BCUT2D eigenvalue weighted by molar-refractivity contribution is 5.82. The zero-order chi connectivity index (χ0) is 18.5. The van der Waals surface area contributed by atoms with E-state index in [-0.39, 0.29) is 5.63 Å². The van der Waals surface area contributed by atoms with E-state index in [4.69, 9.17) is 13.9 Å². The molecule has 1 aromatic heterocycles. The molecule has 0 aliphatic rings. The average molecular weight is 352 g/mol. The van der Waals surface area contributed by atoms with Crippen LogP contribution in [0.1, 0.15) is 36.5 Å². The summed E-state index contributed by atoms with van der Waals surface area (Å²) in [5, 5.41) is 0.965. The van der Waals surface area contributed by atoms with Crippen molar-refractivity contribution in [1.82, 2.24) is 0 Å². The highest BCUT2D eigenvalue weighted by atomic mass is 16.5. The SMILES string of the molecule is CCCCc1c(C)c2ccc(OCc3ccc(OC)cc3)cc2oc1=O. The third-order valence-electron chi connectivity index (χ3n) is 4.60. The number of hydrogen-bond donors (Lipinski definition) is 0. The number of aryl methyl sites for hydroxylation is 1. The summed E-state index contributed by atoms with van der Waals surface area (Å²) in [6.07, 6.45) is 2.80. The van der Waals surface area contributed by atoms with E-state index in [1.54, 1.807) is 13.2 Å². The van der Waals surface area contributed by atoms with E-state index in [1.807, 2.05) is 43.3 Å². The first-order valence-corrected chi connectivity index (χ1v) is 8.94. The first kappa shape index (κ1) is 18.1. The van der Waals surface area contributed by atoms with Gasteiger partial charge in [0, 0.05) is 17.0 Å². The van der Waals surface area contributed by atoms with Gasteiger partial charge in [-0.2, -0.15) is 0 Å². The van der Waals surface area contributed by atoms with Crippen molar-refractivity contribution in [3.05, 3.63) is 69.6 Å². The maximum atomic E-state index is 12.3. The Morgan fingerprint density at radius 1 is 1.04 bits per heavy atom. The Morgan fingerprint density at radius 3 is 2.46 bits per heavy atom. The van der Waals surface area contributed by atoms with Gasteiger partial charge in [0.2, 0.25) is 0 Å². The van der Waals surface area contributed by atoms with Gasteiger partial charge in [-0.25, -0.2) is 4.79 Å². The Hall–Kier alpha value is -2.75. The molecule has 0 saturated carbocycles. The Labute approximate surface area is 153 Å². The Kier molecular flexibility index (Phi) is 5.61. The minimum absolute atomic E-state index is 0.240. The molecule has 0 unspecified atom stereocenters. The van der Waals surface area contributed by atoms with Gasteiger partial charge in [-0.3, -0.25) is 0 Å². The molecule has 26 heavy (non-hydrogen) atoms. The lowest BCUT2D eigenvalue weighted by Crippen LogP contribution is -2.10. The summed E-state index contributed by atoms with van der Waals surface area (Å²) in [6.45, 7) is 4.54. The molecule has 3 rings (SSSR count). The van der Waals surface area contributed by atoms with Crippen molar-refractivity contribution >= 4 is 11.0 Å². The summed E-state index contributed by atoms with van der Waals surface area (Å²) in [4.78, 5) is 12.3. The van der Waals surface area contributed by atoms with Crippen LogP contribution < -0.4 is 15.1 Å². The number of benzene rings is 2. The Bertz CT molecular complexity index is 939. The average Bonchev–Trinajstić information content (AvgIpc) is 2.66. The molecular weight excluding hydrogens is 328 g/mol. The third kappa shape index (κ3) is 3.90. The standard InChI is InChI=1S/C22H24O4/c1-4-5-6-20-15(2)19-12-11-18(13-21(19)26-22(20)23)25-14-16-7-9-17(24-3)10-8-16/h7-13H,4-6,14H2,1-3H3. The molecule has 4 heteroatoms. The lowest BCUT2D eigenvalue weighted by molar-refractivity contribution is 0.306. The van der Waals surface area contributed by atoms with Gasteiger partial charge in [-0.05, 0) is 55.2 Å². The molecule has 1 heterocycles. The zero-order valence-electron chi connectivity index (χ0n) is 15.5. The van der Waals surface area contributed by atoms with E-state index in [2.05, 4.69) is 6.92 Å². The smallest absolute Gasteiger partial charge is 0.339 e. The van der Waals surface area contributed by atoms with Crippen LogP contribution in [0, 0.1) is 6.92 Å². The molecule has 0 radical (unpaired) electrons. The Balaban J connectivity index is 1.81. The second-order valence-electron chi connectivity index (χ2n) is 6.39. The molecule has 2 aromatic carbocycles. The predicted molar refractivity (Wildman–Crippen MR) is 103 cm³/mol. The van der Waals surface area contributed by atoms with Crippen LogP contribution in [0.3, 0.4) is 0 Å². The molecule has 4 nitrogen and oxygen atoms in total. The van der Waals surface area contributed by atoms with E-state index < -0.39 is 0 Å². The van der Waals surface area contributed by atoms with Crippen LogP contribution in [-0.4, -0.2) is 7.11 Å². The number of ether oxygens (including phenoxy) is 2. The molecule has 0 bridgehead atoms. The van der Waals surface area contributed by atoms with E-state index in [1.165, 1.54) is 0 Å². The number of hydrogen-bond acceptors (Lipinski definition) is 4. The fourth-order valence-electron chi connectivity index (χ4n) is 3.00. The molecule has 0 saturated heterocycles. The molecule has 0 aliphatic carbocycles. The number of fused-ring (bicyclic) bond motifs is 1. The maximum Gasteiger partial charge on any atom is 0.339 e. The van der Waals surface area contributed by atoms with Crippen LogP contribution in [0.4, 0.5) is 0 Å². The van der Waals surface area contributed by atoms with Crippen molar-refractivity contribution in [2.75, 3.05) is 7.11 Å². The molecule has 3 aromatic rings. The van der Waals surface area contributed by atoms with Crippen LogP contribution >= 0.6 is 0 Å². The van der Waals surface area contributed by atoms with Gasteiger partial charge in [0.05, 0.1) is 7.11 Å². The lowest BCUT2D eigenvalue weighted by atomic mass is 10.0. The van der Waals surface area contributed by atoms with Gasteiger partial charge in [-0.1, -0.05) is 25.5 Å². The minimum Gasteiger partial charge on any atom is -0.497 e. The molecular formula is C22H24O4. The van der Waals surface area contributed by atoms with E-state index in [0.717, 1.165) is 47.1 Å². The second kappa shape index (κ2) is 8.09. The van der Waals surface area contributed by atoms with Crippen LogP contribution in [0.5, 0.6) is 11.5 Å². The minimum atomic E-state index is -0.240. The number of unbranched alkanes of at least 4 members (excludes halogenated alkanes) is 1. The summed E-state index contributed by atoms with van der Waals surface area (Å²) < 4.78 is 16.5. The van der Waals surface area contributed by atoms with Gasteiger partial charge in [0.25, 0.3) is 0 Å². The van der Waals surface area contributed by atoms with Crippen molar-refractivity contribution in [3.63, 3.8) is 0 Å². The highest BCUT2D eigenvalue weighted by Crippen LogP contribution is 2.25. The largest absolute Gasteiger partial charge is 0.497 e. The summed E-state index contributed by atoms with van der Waals surface area (Å²) in [6, 6.07) is 13.4. The lowest BCUT2D eigenvalue weighted by Gasteiger charge is -2.10. The maximum absolute atomic E-state index is 12.3. The van der Waals surface area contributed by atoms with Gasteiger partial charge < -0.3 is 13.9 Å². The first-order valence-electron chi connectivity index (χ1n) is 8.94. The molecule has 0 amide bonds. The highest BCUT2D eigenvalue weighted by Gasteiger charge is 2.11. The fraction of sp³-hybridized carbons (Fsp3) is 0.318. The third-order valence-corrected chi connectivity index (χ3v) is 4.60. The van der Waals surface area contributed by atoms with E-state index in [0.29, 0.717) is 17.9 Å². The van der Waals surface area contributed by atoms with Crippen LogP contribution in [0.2, 0.25) is 0 Å². The normalized spacial score (nSPS) is 10.9. The Morgan fingerprint density at radius 2 is 1.77 bits per heavy atom. The van der Waals surface area contributed by atoms with Crippen LogP contribution in [0.15, 0.2) is 51.7 Å². The van der Waals surface area contributed by atoms with Gasteiger partial charge >= 0.3 is 5.63 Å². The predicted octanol–water partition coefficient (Wildman–Crippen LogP) is 5.03. The van der Waals surface area contributed by atoms with Crippen molar-refractivity contribution in [1.29, 1.82) is 0 Å². The summed E-state index contributed by atoms with van der Waals surface area (Å²) in [7, 11) is 1.64. The van der Waals surface area contributed by atoms with Crippen LogP contribution in [-0.2, 0) is 13.0 Å². The zero-order valence-corrected chi connectivity index (χ0v) is 15.5. The van der Waals surface area contributed by atoms with Crippen molar-refractivity contribution in [3.8, 4) is 11.5 Å². The van der Waals surface area contributed by atoms with E-state index >= 15 is 0 Å². The second-order valence-corrected chi connectivity index (χ2v) is 6.39. The first-order chi connectivity index (χ1) is 12.6. The number of methoxy groups -OCH3 is 1. The van der Waals surface area contributed by atoms with Crippen molar-refractivity contribution < 1.29 is 13.9 Å². The summed E-state index contributed by atoms with van der Waals surface area (Å²) >= 11 is 0. The molecule has 0 fully saturated rings. The van der Waals surface area contributed by atoms with Gasteiger partial charge in [0.15, 0.2) is 0 Å².